The summed E-state index contributed by atoms with van der Waals surface area (Å²) < 4.78 is 5.36. The van der Waals surface area contributed by atoms with Gasteiger partial charge in [-0.25, -0.2) is 4.79 Å². The lowest BCUT2D eigenvalue weighted by atomic mass is 9.66. The number of ketones is 1. The highest BCUT2D eigenvalue weighted by Gasteiger charge is 2.63. The quantitative estimate of drug-likeness (QED) is 0.533. The zero-order chi connectivity index (χ0) is 14.0. The molecule has 104 valence electrons. The monoisotopic (exact) mass is 264 g/mol. The van der Waals surface area contributed by atoms with E-state index in [0.717, 1.165) is 0 Å². The van der Waals surface area contributed by atoms with Crippen molar-refractivity contribution in [3.63, 3.8) is 0 Å². The molecule has 0 unspecified atom stereocenters. The highest BCUT2D eigenvalue weighted by Crippen LogP contribution is 2.57. The van der Waals surface area contributed by atoms with E-state index in [4.69, 9.17) is 4.74 Å². The summed E-state index contributed by atoms with van der Waals surface area (Å²) in [6.45, 7) is 7.61. The first-order valence-electron chi connectivity index (χ1n) is 6.95. The molecule has 0 amide bonds. The molecule has 5 atom stereocenters. The van der Waals surface area contributed by atoms with E-state index in [-0.39, 0.29) is 29.7 Å². The molecule has 0 radical (unpaired) electrons. The van der Waals surface area contributed by atoms with Crippen LogP contribution in [0.15, 0.2) is 12.2 Å². The number of hydrogen-bond acceptors (Lipinski definition) is 4. The first-order valence-corrected chi connectivity index (χ1v) is 6.95. The van der Waals surface area contributed by atoms with Crippen LogP contribution < -0.4 is 0 Å². The minimum atomic E-state index is -0.971. The summed E-state index contributed by atoms with van der Waals surface area (Å²) in [5.74, 6) is -0.426. The summed E-state index contributed by atoms with van der Waals surface area (Å²) in [4.78, 5) is 23.9. The van der Waals surface area contributed by atoms with Crippen LogP contribution in [0.5, 0.6) is 0 Å². The molecule has 0 aromatic carbocycles. The first-order chi connectivity index (χ1) is 8.79. The van der Waals surface area contributed by atoms with Crippen LogP contribution in [0.25, 0.3) is 0 Å². The van der Waals surface area contributed by atoms with Crippen LogP contribution in [0.1, 0.15) is 39.5 Å². The molecule has 1 heterocycles. The molecule has 4 heteroatoms. The summed E-state index contributed by atoms with van der Waals surface area (Å²) >= 11 is 0. The van der Waals surface area contributed by atoms with E-state index >= 15 is 0 Å². The lowest BCUT2D eigenvalue weighted by molar-refractivity contribution is -0.144. The lowest BCUT2D eigenvalue weighted by Crippen LogP contribution is -2.49. The molecule has 3 rings (SSSR count). The second-order valence-corrected chi connectivity index (χ2v) is 6.60. The van der Waals surface area contributed by atoms with Gasteiger partial charge in [0.15, 0.2) is 0 Å². The molecule has 2 aliphatic carbocycles. The molecular weight excluding hydrogens is 244 g/mol. The number of carbonyl (C=O) groups is 2. The van der Waals surface area contributed by atoms with E-state index in [1.807, 2.05) is 13.8 Å². The van der Waals surface area contributed by atoms with Crippen molar-refractivity contribution < 1.29 is 19.4 Å². The first kappa shape index (κ1) is 12.9. The second kappa shape index (κ2) is 3.69. The van der Waals surface area contributed by atoms with Crippen molar-refractivity contribution in [2.45, 2.75) is 51.2 Å². The predicted molar refractivity (Wildman–Crippen MR) is 68.2 cm³/mol. The normalized spacial score (nSPS) is 49.6. The third-order valence-corrected chi connectivity index (χ3v) is 5.75. The van der Waals surface area contributed by atoms with Gasteiger partial charge >= 0.3 is 5.97 Å². The van der Waals surface area contributed by atoms with Gasteiger partial charge in [0, 0.05) is 17.9 Å². The summed E-state index contributed by atoms with van der Waals surface area (Å²) in [7, 11) is 0. The molecule has 3 fully saturated rings. The van der Waals surface area contributed by atoms with Crippen molar-refractivity contribution in [2.75, 3.05) is 0 Å². The van der Waals surface area contributed by atoms with Gasteiger partial charge in [-0.3, -0.25) is 4.79 Å². The van der Waals surface area contributed by atoms with Gasteiger partial charge in [0.05, 0.1) is 11.0 Å². The van der Waals surface area contributed by atoms with E-state index in [1.54, 1.807) is 0 Å². The lowest BCUT2D eigenvalue weighted by Gasteiger charge is -2.41. The Morgan fingerprint density at radius 1 is 1.42 bits per heavy atom. The van der Waals surface area contributed by atoms with E-state index in [2.05, 4.69) is 6.58 Å². The Kier molecular flexibility index (Phi) is 2.50. The van der Waals surface area contributed by atoms with E-state index in [9.17, 15) is 14.7 Å². The Bertz CT molecular complexity index is 483. The molecule has 3 aliphatic rings. The number of fused-ring (bicyclic) bond motifs is 2. The fourth-order valence-electron chi connectivity index (χ4n) is 4.30. The van der Waals surface area contributed by atoms with Crippen LogP contribution in [0.3, 0.4) is 0 Å². The molecule has 1 N–H and O–H groups in total. The third-order valence-electron chi connectivity index (χ3n) is 5.75. The number of aliphatic hydroxyl groups is 1. The fourth-order valence-corrected chi connectivity index (χ4v) is 4.30. The maximum Gasteiger partial charge on any atom is 0.334 e. The topological polar surface area (TPSA) is 63.6 Å². The van der Waals surface area contributed by atoms with Crippen LogP contribution in [0.2, 0.25) is 0 Å². The van der Waals surface area contributed by atoms with Gasteiger partial charge in [0.2, 0.25) is 0 Å². The molecule has 0 aromatic heterocycles. The fraction of sp³-hybridized carbons (Fsp3) is 0.733. The molecule has 0 aromatic rings. The molecule has 0 spiro atoms. The average Bonchev–Trinajstić information content (AvgIpc) is 2.70. The maximum atomic E-state index is 12.3. The molecule has 0 bridgehead atoms. The maximum absolute atomic E-state index is 12.3. The van der Waals surface area contributed by atoms with Crippen molar-refractivity contribution in [3.05, 3.63) is 12.2 Å². The number of esters is 1. The van der Waals surface area contributed by atoms with E-state index < -0.39 is 11.0 Å². The summed E-state index contributed by atoms with van der Waals surface area (Å²) in [6, 6.07) is 0. The predicted octanol–water partition coefficient (Wildman–Crippen LogP) is 1.61. The average molecular weight is 264 g/mol. The zero-order valence-corrected chi connectivity index (χ0v) is 11.4. The van der Waals surface area contributed by atoms with Crippen LogP contribution in [0.4, 0.5) is 0 Å². The van der Waals surface area contributed by atoms with Gasteiger partial charge in [-0.05, 0) is 32.1 Å². The standard InChI is InChI=1S/C15H20O4/c1-8-6-11-10(9(2)13(17)19-11)7-14(3)12(16)4-5-15(8,14)18/h8,10-11,18H,2,4-7H2,1,3H3/t8-,10+,11-,14+,15+/m1/s1. The molecule has 1 saturated heterocycles. The van der Waals surface area contributed by atoms with Crippen molar-refractivity contribution in [3.8, 4) is 0 Å². The minimum absolute atomic E-state index is 0.0577. The van der Waals surface area contributed by atoms with Gasteiger partial charge in [0.25, 0.3) is 0 Å². The van der Waals surface area contributed by atoms with Crippen molar-refractivity contribution in [2.24, 2.45) is 17.3 Å². The Balaban J connectivity index is 2.05. The number of Topliss-reactive ketones (excluding diaryl/α,β-unsaturated/α-hetero) is 1. The Morgan fingerprint density at radius 3 is 2.79 bits per heavy atom. The van der Waals surface area contributed by atoms with Gasteiger partial charge in [0.1, 0.15) is 11.9 Å². The summed E-state index contributed by atoms with van der Waals surface area (Å²) in [6.07, 6.45) is 1.80. The van der Waals surface area contributed by atoms with Crippen molar-refractivity contribution in [1.29, 1.82) is 0 Å². The highest BCUT2D eigenvalue weighted by atomic mass is 16.6. The zero-order valence-electron chi connectivity index (χ0n) is 11.4. The third kappa shape index (κ3) is 1.43. The number of hydrogen-bond donors (Lipinski definition) is 1. The van der Waals surface area contributed by atoms with Crippen LogP contribution in [-0.4, -0.2) is 28.6 Å². The molecule has 2 saturated carbocycles. The number of ether oxygens (including phenoxy) is 1. The van der Waals surface area contributed by atoms with Crippen molar-refractivity contribution >= 4 is 11.8 Å². The SMILES string of the molecule is C=C1C(=O)O[C@@H]2C[C@@H](C)[C@@]3(O)CCC(=O)[C@]3(C)C[C@@H]12. The van der Waals surface area contributed by atoms with Gasteiger partial charge in [-0.15, -0.1) is 0 Å². The molecular formula is C15H20O4. The largest absolute Gasteiger partial charge is 0.458 e. The smallest absolute Gasteiger partial charge is 0.334 e. The van der Waals surface area contributed by atoms with Crippen molar-refractivity contribution in [1.82, 2.24) is 0 Å². The minimum Gasteiger partial charge on any atom is -0.458 e. The Morgan fingerprint density at radius 2 is 2.11 bits per heavy atom. The van der Waals surface area contributed by atoms with E-state index in [0.29, 0.717) is 31.3 Å². The van der Waals surface area contributed by atoms with Crippen LogP contribution in [0, 0.1) is 17.3 Å². The van der Waals surface area contributed by atoms with Crippen LogP contribution >= 0.6 is 0 Å². The second-order valence-electron chi connectivity index (χ2n) is 6.60. The van der Waals surface area contributed by atoms with Gasteiger partial charge < -0.3 is 9.84 Å². The number of carbonyl (C=O) groups excluding carboxylic acids is 2. The molecule has 4 nitrogen and oxygen atoms in total. The number of rotatable bonds is 0. The highest BCUT2D eigenvalue weighted by molar-refractivity contribution is 5.92. The Hall–Kier alpha value is -1.16. The van der Waals surface area contributed by atoms with Gasteiger partial charge in [-0.1, -0.05) is 13.5 Å². The van der Waals surface area contributed by atoms with Crippen LogP contribution in [-0.2, 0) is 14.3 Å². The summed E-state index contributed by atoms with van der Waals surface area (Å²) in [5.41, 5.74) is -1.29. The molecule has 19 heavy (non-hydrogen) atoms. The molecule has 1 aliphatic heterocycles. The Labute approximate surface area is 112 Å². The van der Waals surface area contributed by atoms with E-state index in [1.165, 1.54) is 0 Å². The van der Waals surface area contributed by atoms with Gasteiger partial charge in [-0.2, -0.15) is 0 Å². The summed E-state index contributed by atoms with van der Waals surface area (Å²) in [5, 5.41) is 11.0.